The van der Waals surface area contributed by atoms with E-state index in [1.165, 1.54) is 56.9 Å². The van der Waals surface area contributed by atoms with Crippen LogP contribution in [0, 0.1) is 0 Å². The molecule has 1 N–H and O–H groups in total. The molecule has 2 heteroatoms. The van der Waals surface area contributed by atoms with E-state index >= 15 is 0 Å². The molecular weight excluding hydrogens is 175 g/mol. The molecule has 0 atom stereocenters. The summed E-state index contributed by atoms with van der Waals surface area (Å²) < 4.78 is 0.746. The van der Waals surface area contributed by atoms with Gasteiger partial charge < -0.3 is 0 Å². The van der Waals surface area contributed by atoms with Gasteiger partial charge in [0.2, 0.25) is 0 Å². The van der Waals surface area contributed by atoms with Crippen LogP contribution in [-0.2, 0) is 31.0 Å². The number of piperidine rings is 1. The molecule has 44 valence electrons. The molecule has 1 saturated heterocycles. The van der Waals surface area contributed by atoms with Gasteiger partial charge in [0, 0.05) is 0 Å². The van der Waals surface area contributed by atoms with Crippen LogP contribution in [0.1, 0.15) is 19.8 Å². The molecule has 0 saturated carbocycles. The van der Waals surface area contributed by atoms with Crippen molar-refractivity contribution in [3.8, 4) is 0 Å². The Kier molecular flexibility index (Phi) is 2.48. The molecule has 1 aliphatic heterocycles. The van der Waals surface area contributed by atoms with Gasteiger partial charge in [0.05, 0.1) is 0 Å². The molecule has 0 amide bonds. The molecule has 0 aromatic carbocycles. The third-order valence-corrected chi connectivity index (χ3v) is 3.16. The molecular formula is C6H12NY. The fraction of sp³-hybridized carbons (Fsp3) is 1.00. The molecule has 1 aliphatic rings. The molecule has 1 heterocycles. The minimum atomic E-state index is 0.746. The van der Waals surface area contributed by atoms with Crippen LogP contribution in [0.25, 0.3) is 0 Å². The van der Waals surface area contributed by atoms with Crippen LogP contribution >= 0.6 is 0 Å². The molecule has 0 radical (unpaired) electrons. The minimum absolute atomic E-state index is 0.746. The summed E-state index contributed by atoms with van der Waals surface area (Å²) in [5.41, 5.74) is 0. The zero-order chi connectivity index (χ0) is 6.04. The van der Waals surface area contributed by atoms with Gasteiger partial charge in [0.15, 0.2) is 0 Å². The summed E-state index contributed by atoms with van der Waals surface area (Å²) in [5, 5.41) is 3.36. The summed E-state index contributed by atoms with van der Waals surface area (Å²) in [6.07, 6.45) is 2.80. The zero-order valence-electron chi connectivity index (χ0n) is 5.41. The molecule has 0 spiro atoms. The second-order valence-corrected chi connectivity index (χ2v) is 6.33. The standard InChI is InChI=1S/C6H12N.Y/c1-6-2-4-7-5-3-6;/h7H,2-5H2,1H3;. The fourth-order valence-corrected chi connectivity index (χ4v) is 1.71. The number of rotatable bonds is 0. The average Bonchev–Trinajstić information content (AvgIpc) is 1.65. The molecule has 0 bridgehead atoms. The zero-order valence-corrected chi connectivity index (χ0v) is 8.24. The van der Waals surface area contributed by atoms with E-state index in [0.29, 0.717) is 0 Å². The average molecular weight is 187 g/mol. The summed E-state index contributed by atoms with van der Waals surface area (Å²) in [6.45, 7) is 4.89. The molecule has 8 heavy (non-hydrogen) atoms. The van der Waals surface area contributed by atoms with E-state index in [1.54, 1.807) is 0 Å². The van der Waals surface area contributed by atoms with Gasteiger partial charge in [-0.15, -0.1) is 0 Å². The van der Waals surface area contributed by atoms with Gasteiger partial charge in [-0.3, -0.25) is 0 Å². The maximum atomic E-state index is 3.36. The van der Waals surface area contributed by atoms with Crippen molar-refractivity contribution in [1.82, 2.24) is 5.32 Å². The van der Waals surface area contributed by atoms with Crippen molar-refractivity contribution < 1.29 is 31.0 Å². The van der Waals surface area contributed by atoms with E-state index in [-0.39, 0.29) is 0 Å². The second-order valence-electron chi connectivity index (χ2n) is 2.90. The Balaban J connectivity index is 2.33. The van der Waals surface area contributed by atoms with Gasteiger partial charge in [-0.25, -0.2) is 0 Å². The summed E-state index contributed by atoms with van der Waals surface area (Å²) in [4.78, 5) is 0. The summed E-state index contributed by atoms with van der Waals surface area (Å²) in [6, 6.07) is 0. The van der Waals surface area contributed by atoms with E-state index in [4.69, 9.17) is 0 Å². The van der Waals surface area contributed by atoms with Crippen molar-refractivity contribution in [2.75, 3.05) is 13.1 Å². The molecule has 0 unspecified atom stereocenters. The van der Waals surface area contributed by atoms with Crippen LogP contribution in [0.2, 0.25) is 2.23 Å². The number of hydrogen-bond acceptors (Lipinski definition) is 1. The third-order valence-electron chi connectivity index (χ3n) is 1.75. The number of hydrogen-bond donors (Lipinski definition) is 1. The summed E-state index contributed by atoms with van der Waals surface area (Å²) in [7, 11) is 0. The first-order valence-electron chi connectivity index (χ1n) is 3.20. The Bertz CT molecular complexity index is 72.6. The van der Waals surface area contributed by atoms with E-state index in [9.17, 15) is 0 Å². The summed E-state index contributed by atoms with van der Waals surface area (Å²) >= 11 is 1.43. The van der Waals surface area contributed by atoms with Gasteiger partial charge >= 0.3 is 71.4 Å². The van der Waals surface area contributed by atoms with Crippen molar-refractivity contribution in [2.24, 2.45) is 0 Å². The van der Waals surface area contributed by atoms with Gasteiger partial charge in [-0.1, -0.05) is 0 Å². The first-order chi connectivity index (χ1) is 3.71. The van der Waals surface area contributed by atoms with Crippen LogP contribution < -0.4 is 5.32 Å². The van der Waals surface area contributed by atoms with Gasteiger partial charge in [-0.05, 0) is 0 Å². The van der Waals surface area contributed by atoms with E-state index in [0.717, 1.165) is 2.23 Å². The van der Waals surface area contributed by atoms with E-state index in [2.05, 4.69) is 12.2 Å². The van der Waals surface area contributed by atoms with Crippen LogP contribution in [0.4, 0.5) is 0 Å². The van der Waals surface area contributed by atoms with Crippen molar-refractivity contribution in [3.05, 3.63) is 0 Å². The molecule has 0 aromatic heterocycles. The van der Waals surface area contributed by atoms with Gasteiger partial charge in [-0.2, -0.15) is 0 Å². The maximum absolute atomic E-state index is 3.36. The topological polar surface area (TPSA) is 12.0 Å². The first-order valence-corrected chi connectivity index (χ1v) is 4.62. The fourth-order valence-electron chi connectivity index (χ4n) is 0.998. The van der Waals surface area contributed by atoms with Gasteiger partial charge in [0.1, 0.15) is 0 Å². The molecule has 0 aliphatic carbocycles. The van der Waals surface area contributed by atoms with E-state index in [1.807, 2.05) is 0 Å². The van der Waals surface area contributed by atoms with Crippen molar-refractivity contribution in [3.63, 3.8) is 0 Å². The molecule has 1 rings (SSSR count). The normalized spacial score (nSPS) is 27.5. The number of nitrogens with one attached hydrogen (secondary N) is 1. The monoisotopic (exact) mass is 187 g/mol. The third kappa shape index (κ3) is 2.12. The molecule has 1 fully saturated rings. The van der Waals surface area contributed by atoms with Crippen LogP contribution in [-0.4, -0.2) is 13.1 Å². The summed E-state index contributed by atoms with van der Waals surface area (Å²) in [5.74, 6) is 0. The van der Waals surface area contributed by atoms with Gasteiger partial charge in [0.25, 0.3) is 0 Å². The predicted molar refractivity (Wildman–Crippen MR) is 30.5 cm³/mol. The van der Waals surface area contributed by atoms with Crippen LogP contribution in [0.15, 0.2) is 0 Å². The van der Waals surface area contributed by atoms with Crippen molar-refractivity contribution in [2.45, 2.75) is 22.0 Å². The Morgan fingerprint density at radius 1 is 1.38 bits per heavy atom. The van der Waals surface area contributed by atoms with Crippen molar-refractivity contribution in [1.29, 1.82) is 0 Å². The van der Waals surface area contributed by atoms with E-state index < -0.39 is 0 Å². The Hall–Kier alpha value is 1.06. The van der Waals surface area contributed by atoms with Crippen LogP contribution in [0.3, 0.4) is 0 Å². The molecule has 1 nitrogen and oxygen atoms in total. The Morgan fingerprint density at radius 3 is 2.12 bits per heavy atom. The molecule has 0 aromatic rings. The first kappa shape index (κ1) is 7.17. The van der Waals surface area contributed by atoms with Crippen molar-refractivity contribution >= 4 is 0 Å². The Labute approximate surface area is 71.0 Å². The SMILES string of the molecule is C[C]1([Y])CCNCC1. The predicted octanol–water partition coefficient (Wildman–Crippen LogP) is 1.10. The Morgan fingerprint density at radius 2 is 1.88 bits per heavy atom. The quantitative estimate of drug-likeness (QED) is 0.598. The second kappa shape index (κ2) is 2.76. The van der Waals surface area contributed by atoms with Crippen LogP contribution in [0.5, 0.6) is 0 Å².